The molecule has 3 aliphatic heterocycles. The molecule has 130 valence electrons. The molecule has 0 radical (unpaired) electrons. The summed E-state index contributed by atoms with van der Waals surface area (Å²) in [6, 6.07) is 3.61. The molecule has 5 nitrogen and oxygen atoms in total. The van der Waals surface area contributed by atoms with E-state index in [9.17, 15) is 4.79 Å². The summed E-state index contributed by atoms with van der Waals surface area (Å²) < 4.78 is 5.84. The molecule has 3 heterocycles. The van der Waals surface area contributed by atoms with Crippen molar-refractivity contribution < 1.29 is 9.53 Å². The summed E-state index contributed by atoms with van der Waals surface area (Å²) in [7, 11) is 0. The minimum atomic E-state index is -0.0423. The van der Waals surface area contributed by atoms with Gasteiger partial charge in [-0.2, -0.15) is 0 Å². The summed E-state index contributed by atoms with van der Waals surface area (Å²) in [5.74, 6) is 0.640. The van der Waals surface area contributed by atoms with Crippen molar-refractivity contribution in [2.24, 2.45) is 0 Å². The Bertz CT molecular complexity index is 648. The number of nitrogens with zero attached hydrogens (tertiary/aromatic N) is 1. The second kappa shape index (κ2) is 5.96. The molecule has 1 atom stereocenters. The first kappa shape index (κ1) is 15.8. The van der Waals surface area contributed by atoms with E-state index in [1.165, 1.54) is 38.8 Å². The van der Waals surface area contributed by atoms with Crippen molar-refractivity contribution in [3.05, 3.63) is 23.3 Å². The summed E-state index contributed by atoms with van der Waals surface area (Å²) in [5, 5.41) is 3.11. The van der Waals surface area contributed by atoms with Gasteiger partial charge in [0.1, 0.15) is 11.9 Å². The maximum absolute atomic E-state index is 12.6. The van der Waals surface area contributed by atoms with Gasteiger partial charge in [-0.25, -0.2) is 0 Å². The zero-order valence-electron chi connectivity index (χ0n) is 14.4. The van der Waals surface area contributed by atoms with Crippen LogP contribution in [0.3, 0.4) is 0 Å². The van der Waals surface area contributed by atoms with E-state index in [1.54, 1.807) is 6.07 Å². The number of carbonyl (C=O) groups is 1. The standard InChI is InChI=1S/C19H27N3O2/c1-13-12-15-16(20)5-4-14(17(15)24-13)18(23)21-9-8-19-6-2-10-22(19)11-3-7-19/h4-5,13H,2-3,6-12,20H2,1H3,(H,21,23). The van der Waals surface area contributed by atoms with E-state index >= 15 is 0 Å². The summed E-state index contributed by atoms with van der Waals surface area (Å²) in [6.07, 6.45) is 7.06. The highest BCUT2D eigenvalue weighted by atomic mass is 16.5. The van der Waals surface area contributed by atoms with Crippen LogP contribution in [0.4, 0.5) is 5.69 Å². The van der Waals surface area contributed by atoms with Gasteiger partial charge in [0.05, 0.1) is 5.56 Å². The topological polar surface area (TPSA) is 67.6 Å². The van der Waals surface area contributed by atoms with Gasteiger partial charge in [0.25, 0.3) is 5.91 Å². The van der Waals surface area contributed by atoms with Crippen molar-refractivity contribution in [3.8, 4) is 5.75 Å². The Morgan fingerprint density at radius 3 is 2.88 bits per heavy atom. The molecule has 0 saturated carbocycles. The van der Waals surface area contributed by atoms with Crippen molar-refractivity contribution in [2.45, 2.75) is 57.1 Å². The molecule has 2 fully saturated rings. The van der Waals surface area contributed by atoms with Crippen molar-refractivity contribution in [2.75, 3.05) is 25.4 Å². The number of hydrogen-bond acceptors (Lipinski definition) is 4. The fraction of sp³-hybridized carbons (Fsp3) is 0.632. The fourth-order valence-electron chi connectivity index (χ4n) is 4.83. The predicted molar refractivity (Wildman–Crippen MR) is 94.4 cm³/mol. The molecule has 1 amide bonds. The van der Waals surface area contributed by atoms with Gasteiger partial charge >= 0.3 is 0 Å². The van der Waals surface area contributed by atoms with Gasteiger partial charge < -0.3 is 15.8 Å². The average Bonchev–Trinajstić information content (AvgIpc) is 3.20. The highest BCUT2D eigenvalue weighted by molar-refractivity contribution is 5.98. The molecule has 0 bridgehead atoms. The number of nitrogens with one attached hydrogen (secondary N) is 1. The van der Waals surface area contributed by atoms with Gasteiger partial charge in [-0.1, -0.05) is 0 Å². The highest BCUT2D eigenvalue weighted by Crippen LogP contribution is 2.41. The minimum absolute atomic E-state index is 0.0423. The molecule has 2 saturated heterocycles. The molecule has 24 heavy (non-hydrogen) atoms. The minimum Gasteiger partial charge on any atom is -0.489 e. The molecule has 3 aliphatic rings. The molecular weight excluding hydrogens is 302 g/mol. The van der Waals surface area contributed by atoms with Gasteiger partial charge in [0.15, 0.2) is 0 Å². The number of nitrogens with two attached hydrogens (primary N) is 1. The summed E-state index contributed by atoms with van der Waals surface area (Å²) in [5.41, 5.74) is 8.69. The number of carbonyl (C=O) groups excluding carboxylic acids is 1. The monoisotopic (exact) mass is 329 g/mol. The normalized spacial score (nSPS) is 24.5. The molecule has 0 aliphatic carbocycles. The van der Waals surface area contributed by atoms with E-state index in [0.29, 0.717) is 16.9 Å². The van der Waals surface area contributed by atoms with Gasteiger partial charge in [-0.15, -0.1) is 0 Å². The predicted octanol–water partition coefficient (Wildman–Crippen LogP) is 2.34. The van der Waals surface area contributed by atoms with Gasteiger partial charge in [0.2, 0.25) is 0 Å². The van der Waals surface area contributed by atoms with Gasteiger partial charge in [-0.05, 0) is 64.3 Å². The first-order valence-electron chi connectivity index (χ1n) is 9.20. The maximum atomic E-state index is 12.6. The number of anilines is 1. The third-order valence-electron chi connectivity index (χ3n) is 6.04. The van der Waals surface area contributed by atoms with Gasteiger partial charge in [0, 0.05) is 29.8 Å². The number of rotatable bonds is 4. The second-order valence-corrected chi connectivity index (χ2v) is 7.57. The molecule has 0 aromatic heterocycles. The summed E-state index contributed by atoms with van der Waals surface area (Å²) in [6.45, 7) is 5.19. The van der Waals surface area contributed by atoms with Crippen LogP contribution in [0, 0.1) is 0 Å². The van der Waals surface area contributed by atoms with Crippen LogP contribution in [0.5, 0.6) is 5.75 Å². The lowest BCUT2D eigenvalue weighted by molar-refractivity contribution is 0.0938. The number of fused-ring (bicyclic) bond motifs is 2. The first-order chi connectivity index (χ1) is 11.6. The van der Waals surface area contributed by atoms with Crippen LogP contribution in [0.15, 0.2) is 12.1 Å². The van der Waals surface area contributed by atoms with E-state index in [4.69, 9.17) is 10.5 Å². The Morgan fingerprint density at radius 2 is 2.12 bits per heavy atom. The smallest absolute Gasteiger partial charge is 0.255 e. The number of amides is 1. The summed E-state index contributed by atoms with van der Waals surface area (Å²) >= 11 is 0. The second-order valence-electron chi connectivity index (χ2n) is 7.57. The lowest BCUT2D eigenvalue weighted by atomic mass is 9.90. The van der Waals surface area contributed by atoms with Crippen LogP contribution >= 0.6 is 0 Å². The maximum Gasteiger partial charge on any atom is 0.255 e. The lowest BCUT2D eigenvalue weighted by Crippen LogP contribution is -2.41. The number of benzene rings is 1. The first-order valence-corrected chi connectivity index (χ1v) is 9.20. The lowest BCUT2D eigenvalue weighted by Gasteiger charge is -2.32. The van der Waals surface area contributed by atoms with Crippen molar-refractivity contribution in [3.63, 3.8) is 0 Å². The molecule has 1 aromatic rings. The Morgan fingerprint density at radius 1 is 1.38 bits per heavy atom. The van der Waals surface area contributed by atoms with E-state index in [-0.39, 0.29) is 12.0 Å². The molecule has 3 N–H and O–H groups in total. The highest BCUT2D eigenvalue weighted by Gasteiger charge is 2.43. The van der Waals surface area contributed by atoms with Crippen molar-refractivity contribution >= 4 is 11.6 Å². The Hall–Kier alpha value is -1.75. The Kier molecular flexibility index (Phi) is 3.91. The molecule has 0 spiro atoms. The number of nitrogen functional groups attached to an aromatic ring is 1. The third-order valence-corrected chi connectivity index (χ3v) is 6.04. The largest absolute Gasteiger partial charge is 0.489 e. The third kappa shape index (κ3) is 2.55. The number of ether oxygens (including phenoxy) is 1. The zero-order valence-corrected chi connectivity index (χ0v) is 14.4. The van der Waals surface area contributed by atoms with E-state index < -0.39 is 0 Å². The molecule has 5 heteroatoms. The van der Waals surface area contributed by atoms with Crippen LogP contribution in [-0.2, 0) is 6.42 Å². The van der Waals surface area contributed by atoms with Crippen molar-refractivity contribution in [1.29, 1.82) is 0 Å². The molecule has 1 unspecified atom stereocenters. The van der Waals surface area contributed by atoms with Crippen LogP contribution in [0.2, 0.25) is 0 Å². The van der Waals surface area contributed by atoms with Gasteiger partial charge in [-0.3, -0.25) is 9.69 Å². The van der Waals surface area contributed by atoms with Crippen LogP contribution in [-0.4, -0.2) is 42.1 Å². The van der Waals surface area contributed by atoms with Crippen LogP contribution < -0.4 is 15.8 Å². The molecule has 4 rings (SSSR count). The van der Waals surface area contributed by atoms with Crippen LogP contribution in [0.25, 0.3) is 0 Å². The Labute approximate surface area is 143 Å². The average molecular weight is 329 g/mol. The molecular formula is C19H27N3O2. The van der Waals surface area contributed by atoms with E-state index in [2.05, 4.69) is 10.2 Å². The zero-order chi connectivity index (χ0) is 16.7. The van der Waals surface area contributed by atoms with Crippen molar-refractivity contribution in [1.82, 2.24) is 10.2 Å². The quantitative estimate of drug-likeness (QED) is 0.832. The van der Waals surface area contributed by atoms with E-state index in [0.717, 1.165) is 30.6 Å². The number of hydrogen-bond donors (Lipinski definition) is 2. The van der Waals surface area contributed by atoms with E-state index in [1.807, 2.05) is 13.0 Å². The molecule has 1 aromatic carbocycles. The Balaban J connectivity index is 1.42. The van der Waals surface area contributed by atoms with Crippen LogP contribution in [0.1, 0.15) is 54.9 Å². The SMILES string of the molecule is CC1Cc2c(N)ccc(C(=O)NCCC34CCCN3CCC4)c2O1. The fourth-order valence-corrected chi connectivity index (χ4v) is 4.83. The summed E-state index contributed by atoms with van der Waals surface area (Å²) in [4.78, 5) is 15.3.